The van der Waals surface area contributed by atoms with E-state index in [9.17, 15) is 13.2 Å². The first-order valence-corrected chi connectivity index (χ1v) is 5.72. The van der Waals surface area contributed by atoms with Crippen LogP contribution in [0.25, 0.3) is 0 Å². The molecule has 2 N–H and O–H groups in total. The quantitative estimate of drug-likeness (QED) is 0.916. The fraction of sp³-hybridized carbons (Fsp3) is 0.231. The number of nitrogen functional groups attached to an aromatic ring is 1. The summed E-state index contributed by atoms with van der Waals surface area (Å²) in [4.78, 5) is 6.47. The zero-order valence-electron chi connectivity index (χ0n) is 10.8. The first-order valence-electron chi connectivity index (χ1n) is 5.72. The average molecular weight is 283 g/mol. The van der Waals surface area contributed by atoms with Gasteiger partial charge >= 0.3 is 6.18 Å². The standard InChI is InChI=1S/C13H12F3N3O/c1-7-3-4-9(8(2)5-7)20-11-6-10(17)18-12(19-11)13(14,15)16/h3-6H,1-2H3,(H2,17,18,19). The van der Waals surface area contributed by atoms with Crippen molar-refractivity contribution in [1.82, 2.24) is 9.97 Å². The number of ether oxygens (including phenoxy) is 1. The van der Waals surface area contributed by atoms with E-state index in [1.54, 1.807) is 19.1 Å². The maximum Gasteiger partial charge on any atom is 0.451 e. The van der Waals surface area contributed by atoms with Crippen molar-refractivity contribution in [1.29, 1.82) is 0 Å². The first kappa shape index (κ1) is 14.1. The van der Waals surface area contributed by atoms with Gasteiger partial charge in [0.05, 0.1) is 0 Å². The highest BCUT2D eigenvalue weighted by Gasteiger charge is 2.35. The lowest BCUT2D eigenvalue weighted by Gasteiger charge is -2.11. The monoisotopic (exact) mass is 283 g/mol. The van der Waals surface area contributed by atoms with Crippen LogP contribution in [-0.2, 0) is 6.18 Å². The van der Waals surface area contributed by atoms with Crippen molar-refractivity contribution >= 4 is 5.82 Å². The van der Waals surface area contributed by atoms with Crippen LogP contribution >= 0.6 is 0 Å². The normalized spacial score (nSPS) is 11.4. The molecular formula is C13H12F3N3O. The molecule has 1 aromatic carbocycles. The molecule has 1 heterocycles. The van der Waals surface area contributed by atoms with E-state index in [0.717, 1.165) is 17.2 Å². The number of rotatable bonds is 2. The summed E-state index contributed by atoms with van der Waals surface area (Å²) in [6.45, 7) is 3.69. The van der Waals surface area contributed by atoms with E-state index in [1.807, 2.05) is 13.0 Å². The van der Waals surface area contributed by atoms with E-state index >= 15 is 0 Å². The van der Waals surface area contributed by atoms with Crippen molar-refractivity contribution in [3.8, 4) is 11.6 Å². The predicted octanol–water partition coefficient (Wildman–Crippen LogP) is 3.49. The maximum absolute atomic E-state index is 12.6. The summed E-state index contributed by atoms with van der Waals surface area (Å²) in [5.41, 5.74) is 7.15. The fourth-order valence-corrected chi connectivity index (χ4v) is 1.65. The van der Waals surface area contributed by atoms with E-state index in [1.165, 1.54) is 0 Å². The Morgan fingerprint density at radius 3 is 2.40 bits per heavy atom. The Hall–Kier alpha value is -2.31. The SMILES string of the molecule is Cc1ccc(Oc2cc(N)nc(C(F)(F)F)n2)c(C)c1. The fourth-order valence-electron chi connectivity index (χ4n) is 1.65. The Kier molecular flexibility index (Phi) is 3.52. The van der Waals surface area contributed by atoms with Crippen LogP contribution in [0.4, 0.5) is 19.0 Å². The van der Waals surface area contributed by atoms with Gasteiger partial charge in [0.2, 0.25) is 11.7 Å². The molecule has 4 nitrogen and oxygen atoms in total. The number of aromatic nitrogens is 2. The minimum Gasteiger partial charge on any atom is -0.439 e. The average Bonchev–Trinajstić information content (AvgIpc) is 2.31. The molecule has 0 radical (unpaired) electrons. The number of anilines is 1. The molecule has 2 aromatic rings. The number of aryl methyl sites for hydroxylation is 2. The Bertz CT molecular complexity index is 641. The Balaban J connectivity index is 2.36. The highest BCUT2D eigenvalue weighted by molar-refractivity contribution is 5.40. The molecule has 0 bridgehead atoms. The van der Waals surface area contributed by atoms with Crippen molar-refractivity contribution in [2.45, 2.75) is 20.0 Å². The zero-order chi connectivity index (χ0) is 14.9. The van der Waals surface area contributed by atoms with Crippen LogP contribution in [0.5, 0.6) is 11.6 Å². The molecule has 0 spiro atoms. The van der Waals surface area contributed by atoms with Crippen molar-refractivity contribution in [3.05, 3.63) is 41.2 Å². The molecule has 0 unspecified atom stereocenters. The summed E-state index contributed by atoms with van der Waals surface area (Å²) in [5.74, 6) is -1.44. The molecule has 0 aliphatic heterocycles. The molecule has 0 saturated carbocycles. The molecule has 20 heavy (non-hydrogen) atoms. The van der Waals surface area contributed by atoms with Crippen LogP contribution < -0.4 is 10.5 Å². The van der Waals surface area contributed by atoms with Crippen LogP contribution in [-0.4, -0.2) is 9.97 Å². The third-order valence-corrected chi connectivity index (χ3v) is 2.52. The van der Waals surface area contributed by atoms with Crippen molar-refractivity contribution < 1.29 is 17.9 Å². The summed E-state index contributed by atoms with van der Waals surface area (Å²) < 4.78 is 43.1. The highest BCUT2D eigenvalue weighted by atomic mass is 19.4. The van der Waals surface area contributed by atoms with E-state index < -0.39 is 12.0 Å². The Labute approximate surface area is 113 Å². The second-order valence-corrected chi connectivity index (χ2v) is 4.32. The third-order valence-electron chi connectivity index (χ3n) is 2.52. The van der Waals surface area contributed by atoms with Crippen LogP contribution in [0.3, 0.4) is 0 Å². The molecule has 0 aliphatic carbocycles. The highest BCUT2D eigenvalue weighted by Crippen LogP contribution is 2.30. The van der Waals surface area contributed by atoms with Gasteiger partial charge < -0.3 is 10.5 Å². The summed E-state index contributed by atoms with van der Waals surface area (Å²) >= 11 is 0. The van der Waals surface area contributed by atoms with E-state index in [0.29, 0.717) is 5.75 Å². The Morgan fingerprint density at radius 2 is 1.80 bits per heavy atom. The number of hydrogen-bond donors (Lipinski definition) is 1. The molecule has 1 aromatic heterocycles. The predicted molar refractivity (Wildman–Crippen MR) is 67.4 cm³/mol. The van der Waals surface area contributed by atoms with E-state index in [-0.39, 0.29) is 11.7 Å². The smallest absolute Gasteiger partial charge is 0.439 e. The maximum atomic E-state index is 12.6. The summed E-state index contributed by atoms with van der Waals surface area (Å²) in [7, 11) is 0. The molecule has 106 valence electrons. The van der Waals surface area contributed by atoms with Crippen LogP contribution in [0, 0.1) is 13.8 Å². The zero-order valence-corrected chi connectivity index (χ0v) is 10.8. The molecule has 0 fully saturated rings. The van der Waals surface area contributed by atoms with Gasteiger partial charge in [-0.15, -0.1) is 0 Å². The van der Waals surface area contributed by atoms with Gasteiger partial charge in [0.1, 0.15) is 11.6 Å². The molecule has 2 rings (SSSR count). The lowest BCUT2D eigenvalue weighted by atomic mass is 10.1. The van der Waals surface area contributed by atoms with Gasteiger partial charge in [0, 0.05) is 6.07 Å². The molecule has 0 aliphatic rings. The molecule has 7 heteroatoms. The first-order chi connectivity index (χ1) is 9.25. The van der Waals surface area contributed by atoms with Crippen LogP contribution in [0.1, 0.15) is 17.0 Å². The molecule has 0 saturated heterocycles. The van der Waals surface area contributed by atoms with Gasteiger partial charge in [-0.3, -0.25) is 0 Å². The largest absolute Gasteiger partial charge is 0.451 e. The van der Waals surface area contributed by atoms with Crippen molar-refractivity contribution in [2.75, 3.05) is 5.73 Å². The van der Waals surface area contributed by atoms with Gasteiger partial charge in [-0.05, 0) is 25.5 Å². The number of nitrogens with two attached hydrogens (primary N) is 1. The van der Waals surface area contributed by atoms with Gasteiger partial charge in [-0.1, -0.05) is 17.7 Å². The van der Waals surface area contributed by atoms with E-state index in [2.05, 4.69) is 9.97 Å². The lowest BCUT2D eigenvalue weighted by molar-refractivity contribution is -0.145. The number of nitrogens with zero attached hydrogens (tertiary/aromatic N) is 2. The number of halogens is 3. The summed E-state index contributed by atoms with van der Waals surface area (Å²) in [6.07, 6.45) is -4.67. The van der Waals surface area contributed by atoms with Gasteiger partial charge in [0.25, 0.3) is 0 Å². The number of alkyl halides is 3. The van der Waals surface area contributed by atoms with Gasteiger partial charge in [0.15, 0.2) is 0 Å². The lowest BCUT2D eigenvalue weighted by Crippen LogP contribution is -2.12. The summed E-state index contributed by atoms with van der Waals surface area (Å²) in [5, 5.41) is 0. The van der Waals surface area contributed by atoms with Crippen LogP contribution in [0.2, 0.25) is 0 Å². The molecule has 0 amide bonds. The minimum atomic E-state index is -4.67. The Morgan fingerprint density at radius 1 is 1.10 bits per heavy atom. The molecule has 0 atom stereocenters. The van der Waals surface area contributed by atoms with Crippen LogP contribution in [0.15, 0.2) is 24.3 Å². The second-order valence-electron chi connectivity index (χ2n) is 4.32. The number of benzene rings is 1. The van der Waals surface area contributed by atoms with Gasteiger partial charge in [-0.2, -0.15) is 18.2 Å². The van der Waals surface area contributed by atoms with Gasteiger partial charge in [-0.25, -0.2) is 4.98 Å². The molecular weight excluding hydrogens is 271 g/mol. The number of hydrogen-bond acceptors (Lipinski definition) is 4. The van der Waals surface area contributed by atoms with Crippen molar-refractivity contribution in [3.63, 3.8) is 0 Å². The van der Waals surface area contributed by atoms with Crippen molar-refractivity contribution in [2.24, 2.45) is 0 Å². The topological polar surface area (TPSA) is 61.0 Å². The second kappa shape index (κ2) is 4.99. The summed E-state index contributed by atoms with van der Waals surface area (Å²) in [6, 6.07) is 6.45. The minimum absolute atomic E-state index is 0.239. The third kappa shape index (κ3) is 3.17. The van der Waals surface area contributed by atoms with E-state index in [4.69, 9.17) is 10.5 Å².